The molecule has 1 atom stereocenters. The van der Waals surface area contributed by atoms with Gasteiger partial charge in [0.1, 0.15) is 6.33 Å². The molecule has 1 aliphatic rings. The Bertz CT molecular complexity index is 572. The van der Waals surface area contributed by atoms with Gasteiger partial charge in [-0.05, 0) is 34.9 Å². The van der Waals surface area contributed by atoms with E-state index in [-0.39, 0.29) is 18.9 Å². The van der Waals surface area contributed by atoms with Crippen LogP contribution in [0.2, 0.25) is 0 Å². The van der Waals surface area contributed by atoms with Gasteiger partial charge in [-0.3, -0.25) is 4.98 Å². The molecule has 0 radical (unpaired) electrons. The minimum absolute atomic E-state index is 0. The molecule has 7 nitrogen and oxygen atoms in total. The van der Waals surface area contributed by atoms with Crippen LogP contribution in [-0.4, -0.2) is 31.2 Å². The fourth-order valence-electron chi connectivity index (χ4n) is 2.09. The van der Waals surface area contributed by atoms with Gasteiger partial charge in [0.15, 0.2) is 0 Å². The number of pyridine rings is 1. The Balaban J connectivity index is 0.00000120. The van der Waals surface area contributed by atoms with Gasteiger partial charge in [0.2, 0.25) is 0 Å². The molecule has 2 aromatic heterocycles. The summed E-state index contributed by atoms with van der Waals surface area (Å²) in [6.45, 7) is 0. The van der Waals surface area contributed by atoms with E-state index in [2.05, 4.69) is 20.5 Å². The monoisotopic (exact) mass is 237 g/mol. The van der Waals surface area contributed by atoms with Crippen molar-refractivity contribution in [2.75, 3.05) is 0 Å². The summed E-state index contributed by atoms with van der Waals surface area (Å²) in [6, 6.07) is 1.86. The van der Waals surface area contributed by atoms with Gasteiger partial charge in [-0.1, -0.05) is 0 Å². The molecular weight excluding hydrogens is 229 g/mol. The SMILES string of the molecule is O=C([O-])C1CCc2cc(-n3cnnn3)cnc21.[Li+]. The summed E-state index contributed by atoms with van der Waals surface area (Å²) in [5.41, 5.74) is 2.25. The van der Waals surface area contributed by atoms with E-state index in [4.69, 9.17) is 0 Å². The maximum Gasteiger partial charge on any atom is 1.00 e. The first-order valence-corrected chi connectivity index (χ1v) is 5.19. The molecule has 0 saturated carbocycles. The fraction of sp³-hybridized carbons (Fsp3) is 0.300. The van der Waals surface area contributed by atoms with Gasteiger partial charge in [0.25, 0.3) is 0 Å². The van der Waals surface area contributed by atoms with Crippen LogP contribution in [0.25, 0.3) is 5.69 Å². The number of aliphatic carboxylic acids is 1. The average molecular weight is 237 g/mol. The van der Waals surface area contributed by atoms with Crippen LogP contribution in [0.5, 0.6) is 0 Å². The van der Waals surface area contributed by atoms with E-state index in [1.807, 2.05) is 6.07 Å². The van der Waals surface area contributed by atoms with Crippen molar-refractivity contribution in [3.05, 3.63) is 29.8 Å². The standard InChI is InChI=1S/C10H9N5O2.Li/c16-10(17)8-2-1-6-3-7(4-11-9(6)8)15-5-12-13-14-15;/h3-5,8H,1-2H2,(H,16,17);/q;+1/p-1. The van der Waals surface area contributed by atoms with Crippen LogP contribution in [0.3, 0.4) is 0 Å². The van der Waals surface area contributed by atoms with E-state index in [0.29, 0.717) is 18.5 Å². The van der Waals surface area contributed by atoms with Crippen molar-refractivity contribution in [2.24, 2.45) is 0 Å². The van der Waals surface area contributed by atoms with Gasteiger partial charge in [0.05, 0.1) is 23.5 Å². The third kappa shape index (κ3) is 2.03. The van der Waals surface area contributed by atoms with Crippen molar-refractivity contribution in [2.45, 2.75) is 18.8 Å². The van der Waals surface area contributed by atoms with Crippen molar-refractivity contribution in [3.63, 3.8) is 0 Å². The number of tetrazole rings is 1. The summed E-state index contributed by atoms with van der Waals surface area (Å²) in [7, 11) is 0. The van der Waals surface area contributed by atoms with Gasteiger partial charge in [-0.15, -0.1) is 5.10 Å². The number of hydrogen-bond donors (Lipinski definition) is 0. The number of aryl methyl sites for hydroxylation is 1. The zero-order valence-corrected chi connectivity index (χ0v) is 9.78. The summed E-state index contributed by atoms with van der Waals surface area (Å²) < 4.78 is 1.49. The second-order valence-corrected chi connectivity index (χ2v) is 3.90. The van der Waals surface area contributed by atoms with Gasteiger partial charge < -0.3 is 9.90 Å². The van der Waals surface area contributed by atoms with Gasteiger partial charge in [0, 0.05) is 5.92 Å². The molecule has 1 unspecified atom stereocenters. The molecule has 8 heteroatoms. The summed E-state index contributed by atoms with van der Waals surface area (Å²) in [6.07, 6.45) is 4.27. The molecule has 86 valence electrons. The predicted octanol–water partition coefficient (Wildman–Crippen LogP) is -4.16. The molecule has 0 aliphatic heterocycles. The average Bonchev–Trinajstić information content (AvgIpc) is 2.97. The number of carboxylic acid groups (broad SMARTS) is 1. The summed E-state index contributed by atoms with van der Waals surface area (Å²) >= 11 is 0. The Morgan fingerprint density at radius 3 is 3.00 bits per heavy atom. The molecule has 0 amide bonds. The number of aromatic nitrogens is 5. The molecule has 1 aliphatic carbocycles. The topological polar surface area (TPSA) is 96.6 Å². The van der Waals surface area contributed by atoms with Crippen molar-refractivity contribution >= 4 is 5.97 Å². The Morgan fingerprint density at radius 1 is 1.50 bits per heavy atom. The van der Waals surface area contributed by atoms with Crippen molar-refractivity contribution in [3.8, 4) is 5.69 Å². The first-order chi connectivity index (χ1) is 8.25. The van der Waals surface area contributed by atoms with Crippen LogP contribution >= 0.6 is 0 Å². The molecule has 2 aromatic rings. The summed E-state index contributed by atoms with van der Waals surface area (Å²) in [5.74, 6) is -1.65. The minimum atomic E-state index is -1.06. The van der Waals surface area contributed by atoms with Crippen molar-refractivity contribution in [1.29, 1.82) is 0 Å². The number of carbonyl (C=O) groups excluding carboxylic acids is 1. The Labute approximate surface area is 114 Å². The second kappa shape index (κ2) is 4.88. The zero-order chi connectivity index (χ0) is 11.8. The number of rotatable bonds is 2. The third-order valence-corrected chi connectivity index (χ3v) is 2.92. The van der Waals surface area contributed by atoms with Crippen LogP contribution in [-0.2, 0) is 11.2 Å². The first-order valence-electron chi connectivity index (χ1n) is 5.19. The number of fused-ring (bicyclic) bond motifs is 1. The molecule has 18 heavy (non-hydrogen) atoms. The molecule has 0 saturated heterocycles. The van der Waals surface area contributed by atoms with Crippen LogP contribution in [0.4, 0.5) is 0 Å². The minimum Gasteiger partial charge on any atom is -0.549 e. The Hall–Kier alpha value is -1.71. The molecule has 0 fully saturated rings. The summed E-state index contributed by atoms with van der Waals surface area (Å²) in [4.78, 5) is 15.1. The maximum atomic E-state index is 10.9. The molecule has 0 aromatic carbocycles. The summed E-state index contributed by atoms with van der Waals surface area (Å²) in [5, 5.41) is 21.7. The molecule has 2 heterocycles. The Kier molecular flexibility index (Phi) is 3.45. The fourth-order valence-corrected chi connectivity index (χ4v) is 2.09. The molecular formula is C10H8LiN5O2. The van der Waals surface area contributed by atoms with Crippen LogP contribution in [0, 0.1) is 0 Å². The van der Waals surface area contributed by atoms with E-state index in [1.165, 1.54) is 11.0 Å². The smallest absolute Gasteiger partial charge is 0.549 e. The number of nitrogens with zero attached hydrogens (tertiary/aromatic N) is 5. The predicted molar refractivity (Wildman–Crippen MR) is 53.0 cm³/mol. The third-order valence-electron chi connectivity index (χ3n) is 2.92. The van der Waals surface area contributed by atoms with Crippen molar-refractivity contribution < 1.29 is 28.8 Å². The normalized spacial score (nSPS) is 17.0. The van der Waals surface area contributed by atoms with Crippen LogP contribution in [0.15, 0.2) is 18.6 Å². The molecule has 0 N–H and O–H groups in total. The number of hydrogen-bond acceptors (Lipinski definition) is 6. The molecule has 0 bridgehead atoms. The van der Waals surface area contributed by atoms with Gasteiger partial charge in [-0.2, -0.15) is 4.68 Å². The van der Waals surface area contributed by atoms with Crippen molar-refractivity contribution in [1.82, 2.24) is 25.2 Å². The largest absolute Gasteiger partial charge is 1.00 e. The van der Waals surface area contributed by atoms with Gasteiger partial charge in [-0.25, -0.2) is 0 Å². The van der Waals surface area contributed by atoms with Crippen LogP contribution in [0.1, 0.15) is 23.6 Å². The Morgan fingerprint density at radius 2 is 2.33 bits per heavy atom. The quantitative estimate of drug-likeness (QED) is 0.492. The first kappa shape index (κ1) is 12.7. The van der Waals surface area contributed by atoms with E-state index in [1.54, 1.807) is 6.20 Å². The zero-order valence-electron chi connectivity index (χ0n) is 9.78. The van der Waals surface area contributed by atoms with Gasteiger partial charge >= 0.3 is 18.9 Å². The second-order valence-electron chi connectivity index (χ2n) is 3.90. The maximum absolute atomic E-state index is 10.9. The number of carboxylic acids is 1. The molecule has 0 spiro atoms. The van der Waals surface area contributed by atoms with Crippen LogP contribution < -0.4 is 24.0 Å². The molecule has 3 rings (SSSR count). The van der Waals surface area contributed by atoms with E-state index in [0.717, 1.165) is 11.3 Å². The van der Waals surface area contributed by atoms with E-state index >= 15 is 0 Å². The van der Waals surface area contributed by atoms with E-state index < -0.39 is 11.9 Å². The number of carbonyl (C=O) groups is 1. The van der Waals surface area contributed by atoms with E-state index in [9.17, 15) is 9.90 Å².